The molecule has 1 aromatic carbocycles. The number of ether oxygens (including phenoxy) is 2. The number of carbonyl (C=O) groups is 2. The van der Waals surface area contributed by atoms with Gasteiger partial charge in [0.25, 0.3) is 0 Å². The Balaban J connectivity index is 2.28. The van der Waals surface area contributed by atoms with Crippen molar-refractivity contribution in [2.75, 3.05) is 20.2 Å². The van der Waals surface area contributed by atoms with Gasteiger partial charge in [-0.1, -0.05) is 23.2 Å². The van der Waals surface area contributed by atoms with Gasteiger partial charge in [-0.25, -0.2) is 4.79 Å². The fourth-order valence-corrected chi connectivity index (χ4v) is 3.70. The van der Waals surface area contributed by atoms with E-state index in [1.54, 1.807) is 20.8 Å². The number of benzene rings is 1. The molecule has 2 amide bonds. The van der Waals surface area contributed by atoms with Crippen molar-refractivity contribution in [2.24, 2.45) is 5.92 Å². The van der Waals surface area contributed by atoms with Crippen LogP contribution in [0.2, 0.25) is 10.0 Å². The van der Waals surface area contributed by atoms with Gasteiger partial charge in [-0.3, -0.25) is 4.79 Å². The quantitative estimate of drug-likeness (QED) is 0.623. The van der Waals surface area contributed by atoms with Crippen LogP contribution in [0, 0.1) is 5.92 Å². The number of nitrogens with one attached hydrogen (secondary N) is 1. The Kier molecular flexibility index (Phi) is 7.97. The number of nitrogens with zero attached hydrogens (tertiary/aromatic N) is 1. The highest BCUT2D eigenvalue weighted by atomic mass is 35.5. The Hall–Kier alpha value is -1.87. The Morgan fingerprint density at radius 1 is 1.13 bits per heavy atom. The minimum atomic E-state index is -5.06. The smallest absolute Gasteiger partial charge is 0.471 e. The van der Waals surface area contributed by atoms with Gasteiger partial charge in [-0.2, -0.15) is 13.2 Å². The zero-order valence-corrected chi connectivity index (χ0v) is 19.1. The molecule has 1 atom stereocenters. The van der Waals surface area contributed by atoms with Crippen molar-refractivity contribution in [1.29, 1.82) is 0 Å². The van der Waals surface area contributed by atoms with Crippen LogP contribution in [-0.2, 0) is 9.53 Å². The van der Waals surface area contributed by atoms with Crippen LogP contribution in [0.4, 0.5) is 18.0 Å². The SMILES string of the molecule is COc1cc(Cl)c(Cl)cc1C(NC(=O)C(F)(F)F)C1CCN(C(=O)OC(C)(C)C)CC1. The highest BCUT2D eigenvalue weighted by Gasteiger charge is 2.42. The summed E-state index contributed by atoms with van der Waals surface area (Å²) in [7, 11) is 1.34. The maximum Gasteiger partial charge on any atom is 0.471 e. The number of hydrogen-bond acceptors (Lipinski definition) is 4. The van der Waals surface area contributed by atoms with E-state index in [0.717, 1.165) is 0 Å². The predicted octanol–water partition coefficient (Wildman–Crippen LogP) is 5.37. The fourth-order valence-electron chi connectivity index (χ4n) is 3.38. The van der Waals surface area contributed by atoms with Crippen LogP contribution in [0.5, 0.6) is 5.75 Å². The second-order valence-electron chi connectivity index (χ2n) is 8.26. The summed E-state index contributed by atoms with van der Waals surface area (Å²) in [4.78, 5) is 25.5. The number of hydrogen-bond donors (Lipinski definition) is 1. The number of halogens is 5. The number of piperidine rings is 1. The van der Waals surface area contributed by atoms with Crippen LogP contribution >= 0.6 is 23.2 Å². The van der Waals surface area contributed by atoms with Crippen LogP contribution in [-0.4, -0.2) is 48.9 Å². The van der Waals surface area contributed by atoms with Crippen LogP contribution in [0.15, 0.2) is 12.1 Å². The molecule has 0 bridgehead atoms. The summed E-state index contributed by atoms with van der Waals surface area (Å²) in [5.74, 6) is -2.27. The summed E-state index contributed by atoms with van der Waals surface area (Å²) in [6.07, 6.45) is -4.87. The van der Waals surface area contributed by atoms with Crippen LogP contribution in [0.1, 0.15) is 45.2 Å². The van der Waals surface area contributed by atoms with Gasteiger partial charge in [0.15, 0.2) is 0 Å². The molecule has 174 valence electrons. The lowest BCUT2D eigenvalue weighted by Crippen LogP contribution is -2.46. The van der Waals surface area contributed by atoms with Crippen molar-refractivity contribution < 1.29 is 32.2 Å². The molecule has 1 saturated heterocycles. The third-order valence-electron chi connectivity index (χ3n) is 4.81. The molecule has 6 nitrogen and oxygen atoms in total. The normalized spacial score (nSPS) is 16.6. The number of methoxy groups -OCH3 is 1. The monoisotopic (exact) mass is 484 g/mol. The number of amides is 2. The molecule has 0 aliphatic carbocycles. The van der Waals surface area contributed by atoms with Gasteiger partial charge in [-0.15, -0.1) is 0 Å². The van der Waals surface area contributed by atoms with Crippen molar-refractivity contribution >= 4 is 35.2 Å². The third kappa shape index (κ3) is 6.80. The summed E-state index contributed by atoms with van der Waals surface area (Å²) >= 11 is 12.1. The summed E-state index contributed by atoms with van der Waals surface area (Å²) in [5, 5.41) is 2.36. The second-order valence-corrected chi connectivity index (χ2v) is 9.08. The zero-order valence-electron chi connectivity index (χ0n) is 17.6. The third-order valence-corrected chi connectivity index (χ3v) is 5.54. The van der Waals surface area contributed by atoms with Gasteiger partial charge in [0.05, 0.1) is 23.2 Å². The van der Waals surface area contributed by atoms with Gasteiger partial charge < -0.3 is 19.7 Å². The maximum atomic E-state index is 13.0. The number of likely N-dealkylation sites (tertiary alicyclic amines) is 1. The Bertz CT molecular complexity index is 820. The lowest BCUT2D eigenvalue weighted by Gasteiger charge is -2.37. The summed E-state index contributed by atoms with van der Waals surface area (Å²) in [5.41, 5.74) is -0.380. The van der Waals surface area contributed by atoms with Crippen LogP contribution in [0.3, 0.4) is 0 Å². The first-order valence-corrected chi connectivity index (χ1v) is 10.4. The van der Waals surface area contributed by atoms with E-state index in [-0.39, 0.29) is 34.4 Å². The van der Waals surface area contributed by atoms with Crippen molar-refractivity contribution in [3.8, 4) is 5.75 Å². The summed E-state index contributed by atoms with van der Waals surface area (Å²) < 4.78 is 49.6. The molecule has 1 fully saturated rings. The molecule has 1 aliphatic heterocycles. The summed E-state index contributed by atoms with van der Waals surface area (Å²) in [6, 6.07) is 1.74. The molecule has 0 spiro atoms. The minimum Gasteiger partial charge on any atom is -0.496 e. The average Bonchev–Trinajstić information content (AvgIpc) is 2.66. The largest absolute Gasteiger partial charge is 0.496 e. The lowest BCUT2D eigenvalue weighted by atomic mass is 9.85. The van der Waals surface area contributed by atoms with Crippen molar-refractivity contribution in [3.05, 3.63) is 27.7 Å². The predicted molar refractivity (Wildman–Crippen MR) is 110 cm³/mol. The Morgan fingerprint density at radius 2 is 1.68 bits per heavy atom. The van der Waals surface area contributed by atoms with Crippen molar-refractivity contribution in [2.45, 2.75) is 51.4 Å². The molecule has 0 saturated carbocycles. The molecule has 1 aliphatic rings. The van der Waals surface area contributed by atoms with Gasteiger partial charge in [0, 0.05) is 24.7 Å². The Morgan fingerprint density at radius 3 is 2.16 bits per heavy atom. The van der Waals surface area contributed by atoms with Crippen LogP contribution < -0.4 is 10.1 Å². The van der Waals surface area contributed by atoms with E-state index >= 15 is 0 Å². The van der Waals surface area contributed by atoms with Gasteiger partial charge in [-0.05, 0) is 45.6 Å². The van der Waals surface area contributed by atoms with Crippen molar-refractivity contribution in [1.82, 2.24) is 10.2 Å². The first-order chi connectivity index (χ1) is 14.2. The molecular formula is C20H25Cl2F3N2O4. The molecule has 1 heterocycles. The number of rotatable bonds is 4. The van der Waals surface area contributed by atoms with E-state index in [2.05, 4.69) is 5.32 Å². The fraction of sp³-hybridized carbons (Fsp3) is 0.600. The van der Waals surface area contributed by atoms with Gasteiger partial charge >= 0.3 is 18.2 Å². The Labute approximate surface area is 188 Å². The molecule has 1 N–H and O–H groups in total. The lowest BCUT2D eigenvalue weighted by molar-refractivity contribution is -0.175. The van der Waals surface area contributed by atoms with Crippen LogP contribution in [0.25, 0.3) is 0 Å². The number of carbonyl (C=O) groups excluding carboxylic acids is 2. The first kappa shape index (κ1) is 25.4. The minimum absolute atomic E-state index is 0.120. The van der Waals surface area contributed by atoms with Gasteiger partial charge in [0.1, 0.15) is 11.4 Å². The van der Waals surface area contributed by atoms with E-state index in [4.69, 9.17) is 32.7 Å². The van der Waals surface area contributed by atoms with E-state index in [9.17, 15) is 22.8 Å². The highest BCUT2D eigenvalue weighted by Crippen LogP contribution is 2.40. The van der Waals surface area contributed by atoms with E-state index in [1.165, 1.54) is 24.1 Å². The molecule has 11 heteroatoms. The van der Waals surface area contributed by atoms with E-state index in [0.29, 0.717) is 12.8 Å². The average molecular weight is 485 g/mol. The standard InChI is InChI=1S/C20H25Cl2F3N2O4/c1-19(2,3)31-18(29)27-7-5-11(6-8-27)16(26-17(28)20(23,24)25)12-9-13(21)14(22)10-15(12)30-4/h9-11,16H,5-8H2,1-4H3,(H,26,28). The second kappa shape index (κ2) is 9.73. The van der Waals surface area contributed by atoms with E-state index < -0.39 is 35.7 Å². The maximum absolute atomic E-state index is 13.0. The molecule has 1 aromatic rings. The van der Waals surface area contributed by atoms with Gasteiger partial charge in [0.2, 0.25) is 0 Å². The molecular weight excluding hydrogens is 460 g/mol. The molecule has 0 aromatic heterocycles. The van der Waals surface area contributed by atoms with E-state index in [1.807, 2.05) is 0 Å². The van der Waals surface area contributed by atoms with Crippen molar-refractivity contribution in [3.63, 3.8) is 0 Å². The molecule has 31 heavy (non-hydrogen) atoms. The highest BCUT2D eigenvalue weighted by molar-refractivity contribution is 6.42. The topological polar surface area (TPSA) is 67.9 Å². The number of alkyl halides is 3. The molecule has 2 rings (SSSR count). The first-order valence-electron chi connectivity index (χ1n) is 9.61. The zero-order chi connectivity index (χ0) is 23.6. The molecule has 0 radical (unpaired) electrons. The molecule has 1 unspecified atom stereocenters. The summed E-state index contributed by atoms with van der Waals surface area (Å²) in [6.45, 7) is 5.77.